The topological polar surface area (TPSA) is 40.5 Å². The molecule has 0 heterocycles. The van der Waals surface area contributed by atoms with Crippen LogP contribution in [0.1, 0.15) is 26.7 Å². The van der Waals surface area contributed by atoms with Gasteiger partial charge in [-0.3, -0.25) is 0 Å². The van der Waals surface area contributed by atoms with Gasteiger partial charge in [-0.05, 0) is 6.42 Å². The van der Waals surface area contributed by atoms with Crippen molar-refractivity contribution in [3.05, 3.63) is 0 Å². The second-order valence-electron chi connectivity index (χ2n) is 2.52. The van der Waals surface area contributed by atoms with Crippen LogP contribution < -0.4 is 0 Å². The van der Waals surface area contributed by atoms with Gasteiger partial charge in [-0.1, -0.05) is 20.3 Å². The maximum atomic E-state index is 9.16. The first kappa shape index (κ1) is 8.92. The number of hydrogen-bond donors (Lipinski definition) is 2. The van der Waals surface area contributed by atoms with Crippen LogP contribution in [0.2, 0.25) is 0 Å². The molecule has 2 atom stereocenters. The van der Waals surface area contributed by atoms with Crippen molar-refractivity contribution in [1.29, 1.82) is 0 Å². The fourth-order valence-electron chi connectivity index (χ4n) is 0.702. The van der Waals surface area contributed by atoms with Crippen molar-refractivity contribution in [1.82, 2.24) is 0 Å². The normalized spacial score (nSPS) is 17.3. The molecule has 0 amide bonds. The molecule has 0 rings (SSSR count). The highest BCUT2D eigenvalue weighted by atomic mass is 16.3. The summed E-state index contributed by atoms with van der Waals surface area (Å²) in [5, 5.41) is 17.7. The van der Waals surface area contributed by atoms with E-state index < -0.39 is 0 Å². The molecule has 0 spiro atoms. The highest BCUT2D eigenvalue weighted by molar-refractivity contribution is 4.61. The van der Waals surface area contributed by atoms with Gasteiger partial charge in [0.25, 0.3) is 0 Å². The lowest BCUT2D eigenvalue weighted by Crippen LogP contribution is -2.20. The molecule has 2 N–H and O–H groups in total. The van der Waals surface area contributed by atoms with Crippen LogP contribution in [-0.2, 0) is 0 Å². The molecule has 0 fully saturated rings. The maximum absolute atomic E-state index is 9.16. The Bertz CT molecular complexity index is 63.9. The second-order valence-corrected chi connectivity index (χ2v) is 2.52. The molecule has 9 heavy (non-hydrogen) atoms. The molecule has 0 aliphatic carbocycles. The molecule has 0 radical (unpaired) electrons. The Morgan fingerprint density at radius 1 is 1.44 bits per heavy atom. The Balaban J connectivity index is 3.32. The van der Waals surface area contributed by atoms with Gasteiger partial charge >= 0.3 is 0 Å². The van der Waals surface area contributed by atoms with Crippen molar-refractivity contribution in [2.24, 2.45) is 5.92 Å². The van der Waals surface area contributed by atoms with Gasteiger partial charge < -0.3 is 10.2 Å². The molecular weight excluding hydrogens is 116 g/mol. The minimum absolute atomic E-state index is 0.0324. The van der Waals surface area contributed by atoms with Gasteiger partial charge in [-0.15, -0.1) is 0 Å². The summed E-state index contributed by atoms with van der Waals surface area (Å²) in [6, 6.07) is 0. The molecule has 0 aromatic carbocycles. The van der Waals surface area contributed by atoms with Crippen molar-refractivity contribution >= 4 is 0 Å². The van der Waals surface area contributed by atoms with Gasteiger partial charge in [-0.2, -0.15) is 0 Å². The van der Waals surface area contributed by atoms with Crippen molar-refractivity contribution < 1.29 is 10.2 Å². The molecule has 0 saturated carbocycles. The summed E-state index contributed by atoms with van der Waals surface area (Å²) in [6.45, 7) is 3.95. The van der Waals surface area contributed by atoms with E-state index in [2.05, 4.69) is 0 Å². The Morgan fingerprint density at radius 2 is 2.00 bits per heavy atom. The maximum Gasteiger partial charge on any atom is 0.0587 e. The van der Waals surface area contributed by atoms with Crippen LogP contribution >= 0.6 is 0 Å². The van der Waals surface area contributed by atoms with Gasteiger partial charge in [0.2, 0.25) is 0 Å². The first-order valence-electron chi connectivity index (χ1n) is 3.51. The molecule has 0 aliphatic heterocycles. The highest BCUT2D eigenvalue weighted by Crippen LogP contribution is 2.06. The van der Waals surface area contributed by atoms with Crippen molar-refractivity contribution in [2.45, 2.75) is 32.8 Å². The van der Waals surface area contributed by atoms with E-state index in [1.165, 1.54) is 0 Å². The van der Waals surface area contributed by atoms with Crippen LogP contribution in [0.15, 0.2) is 0 Å². The van der Waals surface area contributed by atoms with E-state index in [9.17, 15) is 0 Å². The fraction of sp³-hybridized carbons (Fsp3) is 1.00. The predicted molar refractivity (Wildman–Crippen MR) is 37.2 cm³/mol. The molecule has 0 unspecified atom stereocenters. The summed E-state index contributed by atoms with van der Waals surface area (Å²) in [5.74, 6) is 0.0324. The molecule has 0 saturated heterocycles. The molecule has 0 bridgehead atoms. The molecule has 0 aliphatic rings. The van der Waals surface area contributed by atoms with E-state index in [1.54, 1.807) is 0 Å². The summed E-state index contributed by atoms with van der Waals surface area (Å²) in [6.07, 6.45) is 1.45. The molecule has 0 aromatic rings. The summed E-state index contributed by atoms with van der Waals surface area (Å²) < 4.78 is 0. The zero-order valence-corrected chi connectivity index (χ0v) is 6.17. The number of rotatable bonds is 4. The average molecular weight is 132 g/mol. The second kappa shape index (κ2) is 4.77. The number of aliphatic hydroxyl groups excluding tert-OH is 2. The third-order valence-corrected chi connectivity index (χ3v) is 1.53. The van der Waals surface area contributed by atoms with Crippen molar-refractivity contribution in [3.8, 4) is 0 Å². The Kier molecular flexibility index (Phi) is 4.72. The number of hydrogen-bond acceptors (Lipinski definition) is 2. The van der Waals surface area contributed by atoms with Crippen LogP contribution in [0.25, 0.3) is 0 Å². The highest BCUT2D eigenvalue weighted by Gasteiger charge is 2.10. The van der Waals surface area contributed by atoms with Gasteiger partial charge in [0, 0.05) is 12.5 Å². The van der Waals surface area contributed by atoms with E-state index in [0.29, 0.717) is 0 Å². The Morgan fingerprint density at radius 3 is 2.33 bits per heavy atom. The molecule has 2 heteroatoms. The molecular formula is C7H16O2. The first-order chi connectivity index (χ1) is 4.22. The summed E-state index contributed by atoms with van der Waals surface area (Å²) in [5.41, 5.74) is 0. The third-order valence-electron chi connectivity index (χ3n) is 1.53. The van der Waals surface area contributed by atoms with Crippen LogP contribution in [0, 0.1) is 5.92 Å². The van der Waals surface area contributed by atoms with E-state index >= 15 is 0 Å². The monoisotopic (exact) mass is 132 g/mol. The minimum atomic E-state index is -0.319. The van der Waals surface area contributed by atoms with Crippen LogP contribution in [0.4, 0.5) is 0 Å². The lowest BCUT2D eigenvalue weighted by Gasteiger charge is -2.14. The van der Waals surface area contributed by atoms with E-state index in [4.69, 9.17) is 10.2 Å². The van der Waals surface area contributed by atoms with Crippen LogP contribution in [0.5, 0.6) is 0 Å². The fourth-order valence-corrected chi connectivity index (χ4v) is 0.702. The summed E-state index contributed by atoms with van der Waals surface area (Å²) in [7, 11) is 0. The zero-order chi connectivity index (χ0) is 7.28. The average Bonchev–Trinajstić information content (AvgIpc) is 1.87. The zero-order valence-electron chi connectivity index (χ0n) is 6.17. The first-order valence-corrected chi connectivity index (χ1v) is 3.51. The summed E-state index contributed by atoms with van der Waals surface area (Å²) in [4.78, 5) is 0. The van der Waals surface area contributed by atoms with E-state index in [0.717, 1.165) is 12.8 Å². The van der Waals surface area contributed by atoms with Gasteiger partial charge in [0.1, 0.15) is 0 Å². The predicted octanol–water partition coefficient (Wildman–Crippen LogP) is 0.776. The van der Waals surface area contributed by atoms with Gasteiger partial charge in [-0.25, -0.2) is 0 Å². The van der Waals surface area contributed by atoms with Gasteiger partial charge in [0.15, 0.2) is 0 Å². The van der Waals surface area contributed by atoms with Crippen LogP contribution in [0.3, 0.4) is 0 Å². The molecule has 0 aromatic heterocycles. The minimum Gasteiger partial charge on any atom is -0.396 e. The van der Waals surface area contributed by atoms with Crippen molar-refractivity contribution in [3.63, 3.8) is 0 Å². The van der Waals surface area contributed by atoms with E-state index in [1.807, 2.05) is 13.8 Å². The van der Waals surface area contributed by atoms with E-state index in [-0.39, 0.29) is 18.6 Å². The van der Waals surface area contributed by atoms with Crippen molar-refractivity contribution in [2.75, 3.05) is 6.61 Å². The smallest absolute Gasteiger partial charge is 0.0587 e. The Labute approximate surface area is 56.5 Å². The lowest BCUT2D eigenvalue weighted by atomic mass is 10.0. The summed E-state index contributed by atoms with van der Waals surface area (Å²) >= 11 is 0. The third kappa shape index (κ3) is 3.49. The molecule has 2 nitrogen and oxygen atoms in total. The number of aliphatic hydroxyl groups is 2. The van der Waals surface area contributed by atoms with Gasteiger partial charge in [0.05, 0.1) is 6.10 Å². The molecule has 56 valence electrons. The lowest BCUT2D eigenvalue weighted by molar-refractivity contribution is 0.0701. The Hall–Kier alpha value is -0.0800. The largest absolute Gasteiger partial charge is 0.396 e. The quantitative estimate of drug-likeness (QED) is 0.593. The standard InChI is InChI=1S/C7H16O2/c1-3-4-7(9)6(2)5-8/h6-9H,3-5H2,1-2H3/t6-,7+/m1/s1. The van der Waals surface area contributed by atoms with Crippen LogP contribution in [-0.4, -0.2) is 22.9 Å². The SMILES string of the molecule is CCC[C@H](O)[C@H](C)CO.